The van der Waals surface area contributed by atoms with Crippen molar-refractivity contribution in [3.8, 4) is 0 Å². The maximum Gasteiger partial charge on any atom is 0.410 e. The summed E-state index contributed by atoms with van der Waals surface area (Å²) in [5.74, 6) is 0.469. The van der Waals surface area contributed by atoms with Crippen LogP contribution in [0.1, 0.15) is 26.2 Å². The van der Waals surface area contributed by atoms with Gasteiger partial charge in [0.15, 0.2) is 5.60 Å². The Balaban J connectivity index is 1.42. The summed E-state index contributed by atoms with van der Waals surface area (Å²) in [4.78, 5) is 16.3. The molecule has 0 N–H and O–H groups in total. The van der Waals surface area contributed by atoms with E-state index in [1.165, 1.54) is 0 Å². The molecule has 31 heavy (non-hydrogen) atoms. The van der Waals surface area contributed by atoms with E-state index >= 15 is 0 Å². The van der Waals surface area contributed by atoms with Gasteiger partial charge in [-0.25, -0.2) is 13.3 Å². The summed E-state index contributed by atoms with van der Waals surface area (Å²) in [5.41, 5.74) is -0.834. The number of carbonyl (C=O) groups is 1. The molecule has 9 heteroatoms. The molecule has 1 amide bonds. The van der Waals surface area contributed by atoms with Crippen LogP contribution in [0.25, 0.3) is 0 Å². The van der Waals surface area contributed by atoms with Crippen LogP contribution in [-0.2, 0) is 23.9 Å². The molecule has 5 atom stereocenters. The second-order valence-electron chi connectivity index (χ2n) is 9.18. The van der Waals surface area contributed by atoms with E-state index in [1.807, 2.05) is 12.1 Å². The normalized spacial score (nSPS) is 39.7. The van der Waals surface area contributed by atoms with Gasteiger partial charge in [-0.15, -0.1) is 0 Å². The number of hydrogen-bond acceptors (Lipinski definition) is 5. The number of nitrogens with zero attached hydrogens (tertiary/aromatic N) is 2. The standard InChI is InChI=1S/C22H27ClN2O5S/c1-14-20(15-2-3-15)25-18(13-29-14)22(30-21(26)24-8-10-28-11-9-24)12-19(22)31(25,27)17-6-4-16(23)5-7-17/h4-7,14-15,18,20H,2-3,8-13H2,1H3/t14-,18+,20-,22?,31?/m0/s1. The molecular weight excluding hydrogens is 440 g/mol. The first-order valence-corrected chi connectivity index (χ1v) is 13.0. The summed E-state index contributed by atoms with van der Waals surface area (Å²) in [5, 5.41) is 0.612. The molecule has 2 saturated heterocycles. The molecule has 4 fully saturated rings. The molecule has 2 saturated carbocycles. The SMILES string of the molecule is C[C@@H]1OC[C@H]2N([C@@H]1C1CC1)S(=O)(c1ccc(Cl)cc1)=C1CC12OC(=O)N1CCOCC1. The smallest absolute Gasteiger partial charge is 0.410 e. The lowest BCUT2D eigenvalue weighted by atomic mass is 10.00. The van der Waals surface area contributed by atoms with Crippen LogP contribution in [-0.4, -0.2) is 81.1 Å². The fourth-order valence-corrected chi connectivity index (χ4v) is 9.26. The van der Waals surface area contributed by atoms with E-state index in [0.717, 1.165) is 22.6 Å². The highest BCUT2D eigenvalue weighted by molar-refractivity contribution is 8.01. The number of hydrogen-bond donors (Lipinski definition) is 0. The zero-order chi connectivity index (χ0) is 21.4. The van der Waals surface area contributed by atoms with E-state index < -0.39 is 15.3 Å². The van der Waals surface area contributed by atoms with E-state index in [4.69, 9.17) is 25.8 Å². The van der Waals surface area contributed by atoms with Crippen LogP contribution in [0.15, 0.2) is 29.2 Å². The predicted octanol–water partition coefficient (Wildman–Crippen LogP) is 2.56. The molecule has 0 bridgehead atoms. The highest BCUT2D eigenvalue weighted by Gasteiger charge is 2.73. The number of halogens is 1. The van der Waals surface area contributed by atoms with E-state index in [0.29, 0.717) is 50.3 Å². The van der Waals surface area contributed by atoms with Crippen molar-refractivity contribution in [1.82, 2.24) is 9.21 Å². The fraction of sp³-hybridized carbons (Fsp3) is 0.636. The Kier molecular flexibility index (Phi) is 4.64. The molecule has 0 radical (unpaired) electrons. The lowest BCUT2D eigenvalue weighted by molar-refractivity contribution is -0.100. The number of rotatable bonds is 3. The maximum absolute atomic E-state index is 14.9. The number of benzene rings is 1. The maximum atomic E-state index is 14.9. The Morgan fingerprint density at radius 2 is 1.94 bits per heavy atom. The molecule has 6 rings (SSSR count). The second kappa shape index (κ2) is 7.09. The van der Waals surface area contributed by atoms with E-state index in [1.54, 1.807) is 17.0 Å². The van der Waals surface area contributed by atoms with Crippen LogP contribution in [0.2, 0.25) is 5.02 Å². The van der Waals surface area contributed by atoms with Crippen LogP contribution in [0.4, 0.5) is 4.79 Å². The first kappa shape index (κ1) is 20.3. The Bertz CT molecular complexity index is 1030. The van der Waals surface area contributed by atoms with E-state index in [2.05, 4.69) is 11.2 Å². The highest BCUT2D eigenvalue weighted by Crippen LogP contribution is 2.57. The van der Waals surface area contributed by atoms with Crippen LogP contribution in [0, 0.1) is 5.92 Å². The van der Waals surface area contributed by atoms with Gasteiger partial charge in [0.2, 0.25) is 0 Å². The summed E-state index contributed by atoms with van der Waals surface area (Å²) in [7, 11) is -2.69. The van der Waals surface area contributed by atoms with Gasteiger partial charge >= 0.3 is 6.09 Å². The third-order valence-corrected chi connectivity index (χ3v) is 10.7. The van der Waals surface area contributed by atoms with Gasteiger partial charge in [-0.05, 0) is 49.9 Å². The first-order valence-electron chi connectivity index (χ1n) is 11.1. The number of amides is 1. The van der Waals surface area contributed by atoms with Crippen LogP contribution in [0.3, 0.4) is 0 Å². The zero-order valence-electron chi connectivity index (χ0n) is 17.5. The van der Waals surface area contributed by atoms with Crippen molar-refractivity contribution < 1.29 is 23.2 Å². The van der Waals surface area contributed by atoms with Gasteiger partial charge in [0.05, 0.1) is 52.6 Å². The van der Waals surface area contributed by atoms with Gasteiger partial charge in [-0.2, -0.15) is 0 Å². The summed E-state index contributed by atoms with van der Waals surface area (Å²) in [6.45, 7) is 4.55. The van der Waals surface area contributed by atoms with Crippen molar-refractivity contribution in [2.45, 2.75) is 54.9 Å². The van der Waals surface area contributed by atoms with Gasteiger partial charge < -0.3 is 19.1 Å². The van der Waals surface area contributed by atoms with Crippen molar-refractivity contribution in [3.63, 3.8) is 0 Å². The summed E-state index contributed by atoms with van der Waals surface area (Å²) in [6, 6.07) is 7.13. The zero-order valence-corrected chi connectivity index (χ0v) is 19.1. The predicted molar refractivity (Wildman–Crippen MR) is 117 cm³/mol. The fourth-order valence-electron chi connectivity index (χ4n) is 5.52. The van der Waals surface area contributed by atoms with Crippen LogP contribution >= 0.6 is 11.6 Å². The van der Waals surface area contributed by atoms with Gasteiger partial charge in [0, 0.05) is 29.4 Å². The molecule has 3 aliphatic heterocycles. The van der Waals surface area contributed by atoms with Gasteiger partial charge in [0.25, 0.3) is 0 Å². The Morgan fingerprint density at radius 3 is 2.61 bits per heavy atom. The van der Waals surface area contributed by atoms with Crippen LogP contribution < -0.4 is 0 Å². The number of morpholine rings is 2. The molecule has 0 spiro atoms. The van der Waals surface area contributed by atoms with Crippen molar-refractivity contribution in [1.29, 1.82) is 0 Å². The Labute approximate surface area is 187 Å². The monoisotopic (exact) mass is 466 g/mol. The minimum atomic E-state index is -2.69. The van der Waals surface area contributed by atoms with E-state index in [9.17, 15) is 9.00 Å². The molecular formula is C22H27ClN2O5S. The Hall–Kier alpha value is -1.32. The largest absolute Gasteiger partial charge is 0.435 e. The minimum absolute atomic E-state index is 0.0121. The van der Waals surface area contributed by atoms with Crippen molar-refractivity contribution >= 4 is 32.3 Å². The first-order chi connectivity index (χ1) is 14.9. The van der Waals surface area contributed by atoms with Crippen LogP contribution in [0.5, 0.6) is 0 Å². The molecule has 1 aromatic carbocycles. The lowest BCUT2D eigenvalue weighted by Gasteiger charge is -2.46. The number of carbonyl (C=O) groups excluding carboxylic acids is 1. The average molecular weight is 467 g/mol. The third-order valence-electron chi connectivity index (χ3n) is 7.32. The minimum Gasteiger partial charge on any atom is -0.435 e. The molecule has 5 aliphatic rings. The van der Waals surface area contributed by atoms with Crippen molar-refractivity contribution in [2.24, 2.45) is 5.92 Å². The Morgan fingerprint density at radius 1 is 1.23 bits per heavy atom. The van der Waals surface area contributed by atoms with Gasteiger partial charge in [-0.3, -0.25) is 0 Å². The van der Waals surface area contributed by atoms with E-state index in [-0.39, 0.29) is 24.3 Å². The summed E-state index contributed by atoms with van der Waals surface area (Å²) >= 11 is 6.12. The molecule has 1 aromatic rings. The molecule has 168 valence electrons. The summed E-state index contributed by atoms with van der Waals surface area (Å²) < 4.78 is 34.7. The topological polar surface area (TPSA) is 68.3 Å². The van der Waals surface area contributed by atoms with Gasteiger partial charge in [-0.1, -0.05) is 11.6 Å². The van der Waals surface area contributed by atoms with Crippen molar-refractivity contribution in [2.75, 3.05) is 32.9 Å². The lowest BCUT2D eigenvalue weighted by Crippen LogP contribution is -2.61. The second-order valence-corrected chi connectivity index (χ2v) is 12.1. The molecule has 0 aromatic heterocycles. The molecule has 3 heterocycles. The summed E-state index contributed by atoms with van der Waals surface area (Å²) in [6.07, 6.45) is 2.41. The quantitative estimate of drug-likeness (QED) is 0.640. The van der Waals surface area contributed by atoms with Gasteiger partial charge in [0.1, 0.15) is 0 Å². The average Bonchev–Trinajstić information content (AvgIpc) is 3.69. The third kappa shape index (κ3) is 2.99. The van der Waals surface area contributed by atoms with Crippen molar-refractivity contribution in [3.05, 3.63) is 29.3 Å². The molecule has 2 unspecified atom stereocenters. The molecule has 2 aliphatic carbocycles. The molecule has 7 nitrogen and oxygen atoms in total. The number of fused-ring (bicyclic) bond motifs is 3. The highest BCUT2D eigenvalue weighted by atomic mass is 35.5. The number of ether oxygens (including phenoxy) is 3.